The number of nitrogens with zero attached hydrogens (tertiary/aromatic N) is 2. The minimum Gasteiger partial charge on any atom is -0.464 e. The third-order valence-electron chi connectivity index (χ3n) is 6.96. The highest BCUT2D eigenvalue weighted by atomic mass is 32.2. The third-order valence-corrected chi connectivity index (χ3v) is 8.93. The molecule has 0 amide bonds. The largest absolute Gasteiger partial charge is 0.464 e. The Kier molecular flexibility index (Phi) is 7.53. The van der Waals surface area contributed by atoms with Crippen molar-refractivity contribution in [3.63, 3.8) is 0 Å². The summed E-state index contributed by atoms with van der Waals surface area (Å²) in [5, 5.41) is 1.27. The van der Waals surface area contributed by atoms with Crippen LogP contribution in [0.25, 0.3) is 10.8 Å². The number of halogens is 1. The Labute approximate surface area is 221 Å². The summed E-state index contributed by atoms with van der Waals surface area (Å²) in [6.45, 7) is 4.71. The molecule has 7 nitrogen and oxygen atoms in total. The first-order valence-corrected chi connectivity index (χ1v) is 13.5. The highest BCUT2D eigenvalue weighted by molar-refractivity contribution is 7.89. The van der Waals surface area contributed by atoms with E-state index < -0.39 is 33.6 Å². The van der Waals surface area contributed by atoms with Gasteiger partial charge in [0.05, 0.1) is 18.0 Å². The summed E-state index contributed by atoms with van der Waals surface area (Å²) < 4.78 is 49.6. The second-order valence-corrected chi connectivity index (χ2v) is 11.0. The molecule has 0 saturated heterocycles. The van der Waals surface area contributed by atoms with Crippen molar-refractivity contribution < 1.29 is 27.1 Å². The van der Waals surface area contributed by atoms with E-state index in [0.29, 0.717) is 22.2 Å². The first-order valence-electron chi connectivity index (χ1n) is 12.0. The van der Waals surface area contributed by atoms with Crippen LogP contribution in [0.15, 0.2) is 71.6 Å². The number of esters is 1. The summed E-state index contributed by atoms with van der Waals surface area (Å²) in [6.07, 6.45) is 0. The van der Waals surface area contributed by atoms with E-state index in [1.54, 1.807) is 43.7 Å². The van der Waals surface area contributed by atoms with Crippen molar-refractivity contribution in [3.05, 3.63) is 101 Å². The molecule has 1 atom stereocenters. The lowest BCUT2D eigenvalue weighted by molar-refractivity contribution is 0.0588. The van der Waals surface area contributed by atoms with Crippen molar-refractivity contribution in [1.82, 2.24) is 8.87 Å². The molecule has 1 unspecified atom stereocenters. The Morgan fingerprint density at radius 3 is 2.29 bits per heavy atom. The zero-order chi connectivity index (χ0) is 27.8. The predicted octanol–water partition coefficient (Wildman–Crippen LogP) is 5.18. The molecule has 3 aromatic carbocycles. The highest BCUT2D eigenvalue weighted by Gasteiger charge is 2.37. The van der Waals surface area contributed by atoms with Gasteiger partial charge in [-0.15, -0.1) is 0 Å². The van der Waals surface area contributed by atoms with Crippen molar-refractivity contribution in [2.45, 2.75) is 38.3 Å². The lowest BCUT2D eigenvalue weighted by Crippen LogP contribution is -2.43. The number of fused-ring (bicyclic) bond motifs is 1. The van der Waals surface area contributed by atoms with E-state index in [4.69, 9.17) is 4.74 Å². The summed E-state index contributed by atoms with van der Waals surface area (Å²) in [5.41, 5.74) is 1.94. The Balaban J connectivity index is 1.86. The molecule has 1 heterocycles. The number of hydrogen-bond donors (Lipinski definition) is 0. The number of carbonyl (C=O) groups is 2. The number of ketones is 1. The quantitative estimate of drug-likeness (QED) is 0.229. The molecule has 9 heteroatoms. The second-order valence-electron chi connectivity index (χ2n) is 9.18. The second kappa shape index (κ2) is 10.5. The van der Waals surface area contributed by atoms with Gasteiger partial charge in [0.25, 0.3) is 0 Å². The molecule has 0 spiro atoms. The van der Waals surface area contributed by atoms with E-state index >= 15 is 0 Å². The average Bonchev–Trinajstić information content (AvgIpc) is 3.13. The lowest BCUT2D eigenvalue weighted by atomic mass is 10.0. The SMILES string of the molecule is COC(=O)c1c(C)c(C(=O)C(C)N(Cc2ccc(F)cc2)S(=O)(=O)c2cccc3ccccc23)c(C)n1C. The Hall–Kier alpha value is -3.82. The maximum atomic E-state index is 14.2. The van der Waals surface area contributed by atoms with E-state index in [1.807, 2.05) is 18.2 Å². The fourth-order valence-electron chi connectivity index (χ4n) is 4.81. The number of ether oxygens (including phenoxy) is 1. The van der Waals surface area contributed by atoms with E-state index in [9.17, 15) is 22.4 Å². The number of methoxy groups -OCH3 is 1. The first kappa shape index (κ1) is 27.2. The van der Waals surface area contributed by atoms with Crippen molar-refractivity contribution in [2.24, 2.45) is 7.05 Å². The van der Waals surface area contributed by atoms with Gasteiger partial charge in [-0.05, 0) is 55.5 Å². The van der Waals surface area contributed by atoms with Gasteiger partial charge < -0.3 is 9.30 Å². The number of rotatable bonds is 8. The zero-order valence-electron chi connectivity index (χ0n) is 21.9. The van der Waals surface area contributed by atoms with Crippen molar-refractivity contribution in [2.75, 3.05) is 7.11 Å². The predicted molar refractivity (Wildman–Crippen MR) is 143 cm³/mol. The van der Waals surface area contributed by atoms with E-state index in [1.165, 1.54) is 44.4 Å². The van der Waals surface area contributed by atoms with Gasteiger partial charge in [-0.2, -0.15) is 4.31 Å². The zero-order valence-corrected chi connectivity index (χ0v) is 22.7. The lowest BCUT2D eigenvalue weighted by Gasteiger charge is -2.28. The van der Waals surface area contributed by atoms with Crippen LogP contribution in [0.3, 0.4) is 0 Å². The average molecular weight is 537 g/mol. The Morgan fingerprint density at radius 1 is 1.00 bits per heavy atom. The molecule has 0 bridgehead atoms. The molecule has 38 heavy (non-hydrogen) atoms. The standard InChI is InChI=1S/C29H29FN2O5S/c1-18-26(19(2)31(4)27(18)29(34)37-5)28(33)20(3)32(17-21-13-15-23(30)16-14-21)38(35,36)25-12-8-10-22-9-6-7-11-24(22)25/h6-16,20H,17H2,1-5H3. The minimum absolute atomic E-state index is 0.0640. The molecule has 198 valence electrons. The molecule has 0 saturated carbocycles. The van der Waals surface area contributed by atoms with E-state index in [2.05, 4.69) is 0 Å². The minimum atomic E-state index is -4.22. The number of carbonyl (C=O) groups excluding carboxylic acids is 2. The van der Waals surface area contributed by atoms with Crippen LogP contribution in [0.4, 0.5) is 4.39 Å². The summed E-state index contributed by atoms with van der Waals surface area (Å²) in [6, 6.07) is 16.4. The Morgan fingerprint density at radius 2 is 1.63 bits per heavy atom. The van der Waals surface area contributed by atoms with Crippen molar-refractivity contribution in [3.8, 4) is 0 Å². The first-order chi connectivity index (χ1) is 18.0. The van der Waals surface area contributed by atoms with Crippen LogP contribution < -0.4 is 0 Å². The number of sulfonamides is 1. The molecular formula is C29H29FN2O5S. The summed E-state index contributed by atoms with van der Waals surface area (Å²) in [4.78, 5) is 26.4. The molecular weight excluding hydrogens is 507 g/mol. The summed E-state index contributed by atoms with van der Waals surface area (Å²) in [5.74, 6) is -1.50. The van der Waals surface area contributed by atoms with Gasteiger partial charge in [0.1, 0.15) is 11.5 Å². The van der Waals surface area contributed by atoms with Crippen LogP contribution >= 0.6 is 0 Å². The van der Waals surface area contributed by atoms with Gasteiger partial charge >= 0.3 is 5.97 Å². The fourth-order valence-corrected chi connectivity index (χ4v) is 6.61. The topological polar surface area (TPSA) is 85.7 Å². The maximum absolute atomic E-state index is 14.2. The van der Waals surface area contributed by atoms with E-state index in [0.717, 1.165) is 9.69 Å². The maximum Gasteiger partial charge on any atom is 0.354 e. The molecule has 0 aliphatic carbocycles. The highest BCUT2D eigenvalue weighted by Crippen LogP contribution is 2.31. The smallest absolute Gasteiger partial charge is 0.354 e. The molecule has 0 radical (unpaired) electrons. The normalized spacial score (nSPS) is 12.6. The van der Waals surface area contributed by atoms with Crippen LogP contribution in [0, 0.1) is 19.7 Å². The van der Waals surface area contributed by atoms with Gasteiger partial charge in [-0.25, -0.2) is 17.6 Å². The Bertz CT molecular complexity index is 1640. The van der Waals surface area contributed by atoms with Crippen LogP contribution in [0.2, 0.25) is 0 Å². The van der Waals surface area contributed by atoms with Gasteiger partial charge in [-0.1, -0.05) is 48.5 Å². The third kappa shape index (κ3) is 4.75. The number of Topliss-reactive ketones (excluding diaryl/α,β-unsaturated/α-hetero) is 1. The van der Waals surface area contributed by atoms with Crippen LogP contribution in [-0.2, 0) is 28.4 Å². The monoisotopic (exact) mass is 536 g/mol. The van der Waals surface area contributed by atoms with Crippen molar-refractivity contribution in [1.29, 1.82) is 0 Å². The van der Waals surface area contributed by atoms with Crippen LogP contribution in [0.5, 0.6) is 0 Å². The number of hydrogen-bond acceptors (Lipinski definition) is 5. The fraction of sp³-hybridized carbons (Fsp3) is 0.241. The number of aromatic nitrogens is 1. The molecule has 4 rings (SSSR count). The summed E-state index contributed by atoms with van der Waals surface area (Å²) in [7, 11) is -1.31. The molecule has 0 fully saturated rings. The van der Waals surface area contributed by atoms with E-state index in [-0.39, 0.29) is 22.7 Å². The summed E-state index contributed by atoms with van der Waals surface area (Å²) >= 11 is 0. The van der Waals surface area contributed by atoms with Crippen LogP contribution in [0.1, 0.15) is 44.6 Å². The van der Waals surface area contributed by atoms with Gasteiger partial charge in [0, 0.05) is 30.2 Å². The molecule has 0 aliphatic heterocycles. The van der Waals surface area contributed by atoms with Crippen LogP contribution in [-0.4, -0.2) is 42.2 Å². The molecule has 1 aromatic heterocycles. The van der Waals surface area contributed by atoms with Gasteiger partial charge in [-0.3, -0.25) is 4.79 Å². The van der Waals surface area contributed by atoms with Gasteiger partial charge in [0.2, 0.25) is 10.0 Å². The molecule has 0 aliphatic rings. The number of benzene rings is 3. The molecule has 0 N–H and O–H groups in total. The van der Waals surface area contributed by atoms with Gasteiger partial charge in [0.15, 0.2) is 5.78 Å². The molecule has 4 aromatic rings. The van der Waals surface area contributed by atoms with Crippen molar-refractivity contribution >= 4 is 32.5 Å².